The van der Waals surface area contributed by atoms with Gasteiger partial charge in [-0.3, -0.25) is 19.2 Å². The summed E-state index contributed by atoms with van der Waals surface area (Å²) in [5.74, 6) is -3.74. The fraction of sp³-hybridized carbons (Fsp3) is 0.560. The van der Waals surface area contributed by atoms with Crippen molar-refractivity contribution in [2.75, 3.05) is 13.1 Å². The Morgan fingerprint density at radius 2 is 1.66 bits per heavy atom. The van der Waals surface area contributed by atoms with E-state index in [9.17, 15) is 34.2 Å². The van der Waals surface area contributed by atoms with Crippen molar-refractivity contribution < 1.29 is 34.2 Å². The first-order valence-corrected chi connectivity index (χ1v) is 12.7. The van der Waals surface area contributed by atoms with Crippen LogP contribution >= 0.6 is 0 Å². The zero-order chi connectivity index (χ0) is 28.2. The second kappa shape index (κ2) is 14.9. The molecule has 2 rings (SSSR count). The number of hydrogen-bond donors (Lipinski definition) is 7. The Bertz CT molecular complexity index is 987. The predicted octanol–water partition coefficient (Wildman–Crippen LogP) is -1.30. The third kappa shape index (κ3) is 9.30. The number of phenolic OH excluding ortho intramolecular Hbond substituents is 1. The van der Waals surface area contributed by atoms with Gasteiger partial charge in [-0.1, -0.05) is 18.6 Å². The predicted molar refractivity (Wildman–Crippen MR) is 137 cm³/mol. The molecular weight excluding hydrogens is 496 g/mol. The number of unbranched alkanes of at least 4 members (excludes halogenated alkanes) is 1. The second-order valence-electron chi connectivity index (χ2n) is 9.42. The Morgan fingerprint density at radius 1 is 1.00 bits per heavy atom. The molecule has 0 bridgehead atoms. The molecule has 13 heteroatoms. The van der Waals surface area contributed by atoms with Gasteiger partial charge in [0.1, 0.15) is 23.9 Å². The normalized spacial score (nSPS) is 17.3. The molecule has 1 aromatic rings. The minimum Gasteiger partial charge on any atom is -0.508 e. The lowest BCUT2D eigenvalue weighted by molar-refractivity contribution is -0.149. The SMILES string of the molecule is NCCCCC(N)C(=O)NC(Cc1ccc(O)cc1)C(=O)NC(CCC(N)=O)C(=O)N1CCCC1C(=O)O. The Kier molecular flexibility index (Phi) is 12.0. The molecule has 0 radical (unpaired) electrons. The summed E-state index contributed by atoms with van der Waals surface area (Å²) in [7, 11) is 0. The molecule has 1 heterocycles. The fourth-order valence-electron chi connectivity index (χ4n) is 4.30. The molecular formula is C25H38N6O7. The number of primary amides is 1. The van der Waals surface area contributed by atoms with Crippen LogP contribution in [-0.2, 0) is 30.4 Å². The van der Waals surface area contributed by atoms with E-state index >= 15 is 0 Å². The Labute approximate surface area is 221 Å². The van der Waals surface area contributed by atoms with E-state index in [0.29, 0.717) is 37.8 Å². The lowest BCUT2D eigenvalue weighted by Crippen LogP contribution is -2.57. The van der Waals surface area contributed by atoms with Crippen molar-refractivity contribution in [2.45, 2.75) is 75.5 Å². The highest BCUT2D eigenvalue weighted by Crippen LogP contribution is 2.20. The van der Waals surface area contributed by atoms with Crippen LogP contribution in [-0.4, -0.2) is 82.0 Å². The van der Waals surface area contributed by atoms with Crippen molar-refractivity contribution in [3.8, 4) is 5.75 Å². The van der Waals surface area contributed by atoms with Gasteiger partial charge in [0.25, 0.3) is 0 Å². The minimum absolute atomic E-state index is 0.0194. The van der Waals surface area contributed by atoms with Crippen LogP contribution in [0.25, 0.3) is 0 Å². The van der Waals surface area contributed by atoms with Gasteiger partial charge in [-0.2, -0.15) is 0 Å². The number of nitrogens with one attached hydrogen (secondary N) is 2. The first-order valence-electron chi connectivity index (χ1n) is 12.7. The highest BCUT2D eigenvalue weighted by molar-refractivity contribution is 5.94. The molecule has 0 aromatic heterocycles. The smallest absolute Gasteiger partial charge is 0.326 e. The molecule has 0 spiro atoms. The van der Waals surface area contributed by atoms with E-state index in [1.54, 1.807) is 12.1 Å². The quantitative estimate of drug-likeness (QED) is 0.132. The van der Waals surface area contributed by atoms with E-state index in [0.717, 1.165) is 0 Å². The third-order valence-electron chi connectivity index (χ3n) is 6.43. The molecule has 1 aliphatic rings. The van der Waals surface area contributed by atoms with E-state index in [1.807, 2.05) is 0 Å². The van der Waals surface area contributed by atoms with Crippen LogP contribution in [0, 0.1) is 0 Å². The molecule has 13 nitrogen and oxygen atoms in total. The number of aromatic hydroxyl groups is 1. The number of amides is 4. The van der Waals surface area contributed by atoms with Crippen LogP contribution < -0.4 is 27.8 Å². The summed E-state index contributed by atoms with van der Waals surface area (Å²) < 4.78 is 0. The number of hydrogen-bond acceptors (Lipinski definition) is 8. The lowest BCUT2D eigenvalue weighted by atomic mass is 10.0. The summed E-state index contributed by atoms with van der Waals surface area (Å²) in [5.41, 5.74) is 17.3. The zero-order valence-electron chi connectivity index (χ0n) is 21.3. The average molecular weight is 535 g/mol. The minimum atomic E-state index is -1.23. The van der Waals surface area contributed by atoms with Crippen LogP contribution in [0.2, 0.25) is 0 Å². The number of phenols is 1. The third-order valence-corrected chi connectivity index (χ3v) is 6.43. The van der Waals surface area contributed by atoms with Crippen LogP contribution in [0.4, 0.5) is 0 Å². The van der Waals surface area contributed by atoms with Gasteiger partial charge in [0, 0.05) is 19.4 Å². The Morgan fingerprint density at radius 3 is 2.26 bits per heavy atom. The number of likely N-dealkylation sites (tertiary alicyclic amines) is 1. The van der Waals surface area contributed by atoms with Gasteiger partial charge in [0.05, 0.1) is 6.04 Å². The monoisotopic (exact) mass is 534 g/mol. The van der Waals surface area contributed by atoms with Gasteiger partial charge in [-0.25, -0.2) is 4.79 Å². The van der Waals surface area contributed by atoms with Crippen LogP contribution in [0.15, 0.2) is 24.3 Å². The van der Waals surface area contributed by atoms with E-state index in [1.165, 1.54) is 17.0 Å². The van der Waals surface area contributed by atoms with Crippen LogP contribution in [0.1, 0.15) is 50.5 Å². The zero-order valence-corrected chi connectivity index (χ0v) is 21.3. The number of carbonyl (C=O) groups excluding carboxylic acids is 4. The summed E-state index contributed by atoms with van der Waals surface area (Å²) in [6, 6.07) is 1.74. The number of carboxylic acid groups (broad SMARTS) is 1. The molecule has 1 fully saturated rings. The molecule has 0 saturated carbocycles. The lowest BCUT2D eigenvalue weighted by Gasteiger charge is -2.29. The fourth-order valence-corrected chi connectivity index (χ4v) is 4.30. The number of carbonyl (C=O) groups is 5. The van der Waals surface area contributed by atoms with Gasteiger partial charge < -0.3 is 42.9 Å². The highest BCUT2D eigenvalue weighted by Gasteiger charge is 2.38. The number of nitrogens with two attached hydrogens (primary N) is 3. The average Bonchev–Trinajstić information content (AvgIpc) is 3.37. The Hall–Kier alpha value is -3.71. The number of nitrogens with zero attached hydrogens (tertiary/aromatic N) is 1. The van der Waals surface area contributed by atoms with Crippen molar-refractivity contribution in [2.24, 2.45) is 17.2 Å². The summed E-state index contributed by atoms with van der Waals surface area (Å²) >= 11 is 0. The van der Waals surface area contributed by atoms with E-state index in [2.05, 4.69) is 10.6 Å². The van der Waals surface area contributed by atoms with Gasteiger partial charge in [-0.15, -0.1) is 0 Å². The maximum atomic E-state index is 13.4. The van der Waals surface area contributed by atoms with Gasteiger partial charge >= 0.3 is 5.97 Å². The summed E-state index contributed by atoms with van der Waals surface area (Å²) in [6.45, 7) is 0.658. The molecule has 4 unspecified atom stereocenters. The van der Waals surface area contributed by atoms with Crippen molar-refractivity contribution in [1.29, 1.82) is 0 Å². The van der Waals surface area contributed by atoms with E-state index in [-0.39, 0.29) is 38.0 Å². The molecule has 210 valence electrons. The van der Waals surface area contributed by atoms with Crippen LogP contribution in [0.3, 0.4) is 0 Å². The van der Waals surface area contributed by atoms with Crippen molar-refractivity contribution in [1.82, 2.24) is 15.5 Å². The van der Waals surface area contributed by atoms with Gasteiger partial charge in [0.2, 0.25) is 23.6 Å². The summed E-state index contributed by atoms with van der Waals surface area (Å²) in [5, 5.41) is 24.3. The highest BCUT2D eigenvalue weighted by atomic mass is 16.4. The van der Waals surface area contributed by atoms with Crippen LogP contribution in [0.5, 0.6) is 5.75 Å². The maximum absolute atomic E-state index is 13.4. The van der Waals surface area contributed by atoms with Crippen molar-refractivity contribution in [3.63, 3.8) is 0 Å². The maximum Gasteiger partial charge on any atom is 0.326 e. The molecule has 1 aliphatic heterocycles. The number of rotatable bonds is 15. The summed E-state index contributed by atoms with van der Waals surface area (Å²) in [4.78, 5) is 63.6. The molecule has 1 aromatic carbocycles. The van der Waals surface area contributed by atoms with Crippen molar-refractivity contribution >= 4 is 29.6 Å². The largest absolute Gasteiger partial charge is 0.508 e. The second-order valence-corrected chi connectivity index (χ2v) is 9.42. The molecule has 10 N–H and O–H groups in total. The van der Waals surface area contributed by atoms with Crippen molar-refractivity contribution in [3.05, 3.63) is 29.8 Å². The molecule has 4 amide bonds. The Balaban J connectivity index is 2.23. The summed E-state index contributed by atoms with van der Waals surface area (Å²) in [6.07, 6.45) is 2.11. The molecule has 1 saturated heterocycles. The number of benzene rings is 1. The topological polar surface area (TPSA) is 231 Å². The first kappa shape index (κ1) is 30.5. The van der Waals surface area contributed by atoms with Gasteiger partial charge in [0.15, 0.2) is 0 Å². The van der Waals surface area contributed by atoms with E-state index in [4.69, 9.17) is 17.2 Å². The molecule has 4 atom stereocenters. The molecule has 38 heavy (non-hydrogen) atoms. The number of aliphatic carboxylic acids is 1. The number of carboxylic acids is 1. The van der Waals surface area contributed by atoms with E-state index < -0.39 is 53.8 Å². The molecule has 0 aliphatic carbocycles. The first-order chi connectivity index (χ1) is 18.0. The standard InChI is InChI=1S/C25H38N6O7/c26-12-2-1-4-17(27)22(34)30-19(14-15-6-8-16(32)9-7-15)23(35)29-18(10-11-21(28)33)24(36)31-13-3-5-20(31)25(37)38/h6-9,17-20,32H,1-5,10-14,26-27H2,(H2,28,33)(H,29,35)(H,30,34)(H,37,38). The van der Waals surface area contributed by atoms with Gasteiger partial charge in [-0.05, 0) is 56.3 Å².